The second kappa shape index (κ2) is 5.86. The van der Waals surface area contributed by atoms with Crippen LogP contribution in [0.3, 0.4) is 0 Å². The lowest BCUT2D eigenvalue weighted by atomic mass is 9.88. The number of aryl methyl sites for hydroxylation is 2. The number of hydrogen-bond acceptors (Lipinski definition) is 2. The molecule has 2 nitrogen and oxygen atoms in total. The summed E-state index contributed by atoms with van der Waals surface area (Å²) in [6.07, 6.45) is -0.977. The Morgan fingerprint density at radius 2 is 1.57 bits per heavy atom. The van der Waals surface area contributed by atoms with E-state index in [-0.39, 0.29) is 5.56 Å². The molecule has 0 bridgehead atoms. The number of aliphatic hydroxyl groups is 1. The van der Waals surface area contributed by atoms with E-state index in [1.807, 2.05) is 27.7 Å². The van der Waals surface area contributed by atoms with Crippen LogP contribution in [-0.2, 0) is 0 Å². The molecule has 0 aromatic heterocycles. The summed E-state index contributed by atoms with van der Waals surface area (Å²) in [6, 6.07) is 6.63. The van der Waals surface area contributed by atoms with Gasteiger partial charge in [0.25, 0.3) is 0 Å². The van der Waals surface area contributed by atoms with Crippen LogP contribution in [0.5, 0.6) is 5.75 Å². The van der Waals surface area contributed by atoms with Crippen LogP contribution in [0.15, 0.2) is 24.3 Å². The van der Waals surface area contributed by atoms with Crippen LogP contribution in [0.2, 0.25) is 0 Å². The predicted octanol–water partition coefficient (Wildman–Crippen LogP) is 4.15. The fraction of sp³-hybridized carbons (Fsp3) is 0.333. The molecule has 112 valence electrons. The highest BCUT2D eigenvalue weighted by atomic mass is 19.1. The first-order chi connectivity index (χ1) is 9.86. The Morgan fingerprint density at radius 3 is 2.05 bits per heavy atom. The standard InChI is InChI=1S/C18H21FO2/c1-10-8-11(2)13(4)17(12(10)3)18(20)15-7-6-14(21-5)9-16(15)19/h6-9,18,20H,1-5H3. The van der Waals surface area contributed by atoms with Gasteiger partial charge in [0.1, 0.15) is 17.7 Å². The number of benzene rings is 2. The van der Waals surface area contributed by atoms with Gasteiger partial charge in [0.15, 0.2) is 0 Å². The third-order valence-corrected chi connectivity index (χ3v) is 4.20. The van der Waals surface area contributed by atoms with Gasteiger partial charge >= 0.3 is 0 Å². The molecule has 0 amide bonds. The lowest BCUT2D eigenvalue weighted by Crippen LogP contribution is -2.09. The molecule has 1 unspecified atom stereocenters. The van der Waals surface area contributed by atoms with Gasteiger partial charge < -0.3 is 9.84 Å². The number of hydrogen-bond donors (Lipinski definition) is 1. The van der Waals surface area contributed by atoms with Crippen molar-refractivity contribution in [1.29, 1.82) is 0 Å². The van der Waals surface area contributed by atoms with E-state index in [0.717, 1.165) is 27.8 Å². The molecule has 0 spiro atoms. The van der Waals surface area contributed by atoms with Gasteiger partial charge in [-0.05, 0) is 67.6 Å². The summed E-state index contributed by atoms with van der Waals surface area (Å²) in [6.45, 7) is 7.92. The maximum atomic E-state index is 14.2. The van der Waals surface area contributed by atoms with Crippen molar-refractivity contribution in [2.45, 2.75) is 33.8 Å². The summed E-state index contributed by atoms with van der Waals surface area (Å²) in [5.41, 5.74) is 5.26. The minimum atomic E-state index is -0.977. The number of rotatable bonds is 3. The fourth-order valence-electron chi connectivity index (χ4n) is 2.67. The molecule has 1 N–H and O–H groups in total. The zero-order valence-electron chi connectivity index (χ0n) is 13.1. The van der Waals surface area contributed by atoms with E-state index in [9.17, 15) is 9.50 Å². The summed E-state index contributed by atoms with van der Waals surface area (Å²) in [4.78, 5) is 0. The Labute approximate surface area is 125 Å². The van der Waals surface area contributed by atoms with E-state index in [2.05, 4.69) is 6.07 Å². The molecule has 0 aliphatic heterocycles. The van der Waals surface area contributed by atoms with Gasteiger partial charge in [0.2, 0.25) is 0 Å². The van der Waals surface area contributed by atoms with Gasteiger partial charge in [0.05, 0.1) is 7.11 Å². The Hall–Kier alpha value is -1.87. The van der Waals surface area contributed by atoms with E-state index in [0.29, 0.717) is 5.75 Å². The van der Waals surface area contributed by atoms with Crippen molar-refractivity contribution in [3.8, 4) is 5.75 Å². The summed E-state index contributed by atoms with van der Waals surface area (Å²) in [7, 11) is 1.49. The van der Waals surface area contributed by atoms with Crippen molar-refractivity contribution >= 4 is 0 Å². The number of aliphatic hydroxyl groups excluding tert-OH is 1. The molecule has 2 aromatic rings. The Balaban J connectivity index is 2.57. The van der Waals surface area contributed by atoms with E-state index >= 15 is 0 Å². The van der Waals surface area contributed by atoms with Crippen LogP contribution in [0.1, 0.15) is 39.5 Å². The van der Waals surface area contributed by atoms with Gasteiger partial charge in [0, 0.05) is 11.6 Å². The number of halogens is 1. The van der Waals surface area contributed by atoms with Crippen LogP contribution in [0.25, 0.3) is 0 Å². The molecule has 0 aliphatic rings. The second-order valence-electron chi connectivity index (χ2n) is 5.46. The zero-order valence-corrected chi connectivity index (χ0v) is 13.1. The van der Waals surface area contributed by atoms with Gasteiger partial charge in [-0.2, -0.15) is 0 Å². The molecular formula is C18H21FO2. The van der Waals surface area contributed by atoms with Gasteiger partial charge in [-0.3, -0.25) is 0 Å². The van der Waals surface area contributed by atoms with Crippen molar-refractivity contribution < 1.29 is 14.2 Å². The topological polar surface area (TPSA) is 29.5 Å². The predicted molar refractivity (Wildman–Crippen MR) is 82.4 cm³/mol. The highest BCUT2D eigenvalue weighted by Crippen LogP contribution is 2.33. The van der Waals surface area contributed by atoms with Crippen molar-refractivity contribution in [1.82, 2.24) is 0 Å². The Morgan fingerprint density at radius 1 is 1.00 bits per heavy atom. The summed E-state index contributed by atoms with van der Waals surface area (Å²) in [5, 5.41) is 10.7. The zero-order chi connectivity index (χ0) is 15.7. The molecular weight excluding hydrogens is 267 g/mol. The molecule has 1 atom stereocenters. The minimum Gasteiger partial charge on any atom is -0.497 e. The second-order valence-corrected chi connectivity index (χ2v) is 5.46. The average Bonchev–Trinajstić information content (AvgIpc) is 2.45. The molecule has 3 heteroatoms. The molecule has 0 fully saturated rings. The first kappa shape index (κ1) is 15.5. The van der Waals surface area contributed by atoms with E-state index < -0.39 is 11.9 Å². The monoisotopic (exact) mass is 288 g/mol. The molecule has 0 radical (unpaired) electrons. The summed E-state index contributed by atoms with van der Waals surface area (Å²) in [5.74, 6) is -0.0166. The highest BCUT2D eigenvalue weighted by Gasteiger charge is 2.21. The van der Waals surface area contributed by atoms with E-state index in [1.54, 1.807) is 12.1 Å². The molecule has 0 heterocycles. The van der Waals surface area contributed by atoms with Crippen molar-refractivity contribution in [3.63, 3.8) is 0 Å². The third-order valence-electron chi connectivity index (χ3n) is 4.20. The molecule has 21 heavy (non-hydrogen) atoms. The lowest BCUT2D eigenvalue weighted by molar-refractivity contribution is 0.213. The van der Waals surface area contributed by atoms with Crippen molar-refractivity contribution in [3.05, 3.63) is 63.5 Å². The fourth-order valence-corrected chi connectivity index (χ4v) is 2.67. The molecule has 0 saturated carbocycles. The summed E-state index contributed by atoms with van der Waals surface area (Å²) >= 11 is 0. The maximum Gasteiger partial charge on any atom is 0.133 e. The third kappa shape index (κ3) is 2.79. The first-order valence-electron chi connectivity index (χ1n) is 6.95. The smallest absolute Gasteiger partial charge is 0.133 e. The molecule has 0 aliphatic carbocycles. The SMILES string of the molecule is COc1ccc(C(O)c2c(C)c(C)cc(C)c2C)c(F)c1. The molecule has 0 saturated heterocycles. The Kier molecular flexibility index (Phi) is 4.33. The quantitative estimate of drug-likeness (QED) is 0.919. The van der Waals surface area contributed by atoms with Crippen LogP contribution in [0, 0.1) is 33.5 Å². The Bertz CT molecular complexity index is 651. The van der Waals surface area contributed by atoms with Crippen LogP contribution in [-0.4, -0.2) is 12.2 Å². The van der Waals surface area contributed by atoms with Crippen molar-refractivity contribution in [2.24, 2.45) is 0 Å². The maximum absolute atomic E-state index is 14.2. The molecule has 2 aromatic carbocycles. The molecule has 2 rings (SSSR count). The normalized spacial score (nSPS) is 12.3. The number of methoxy groups -OCH3 is 1. The minimum absolute atomic E-state index is 0.270. The van der Waals surface area contributed by atoms with Crippen molar-refractivity contribution in [2.75, 3.05) is 7.11 Å². The van der Waals surface area contributed by atoms with Gasteiger partial charge in [-0.1, -0.05) is 6.07 Å². The largest absolute Gasteiger partial charge is 0.497 e. The van der Waals surface area contributed by atoms with Crippen LogP contribution >= 0.6 is 0 Å². The van der Waals surface area contributed by atoms with Gasteiger partial charge in [-0.25, -0.2) is 4.39 Å². The lowest BCUT2D eigenvalue weighted by Gasteiger charge is -2.21. The van der Waals surface area contributed by atoms with Crippen LogP contribution < -0.4 is 4.74 Å². The first-order valence-corrected chi connectivity index (χ1v) is 6.95. The van der Waals surface area contributed by atoms with Crippen LogP contribution in [0.4, 0.5) is 4.39 Å². The highest BCUT2D eigenvalue weighted by molar-refractivity contribution is 5.48. The van der Waals surface area contributed by atoms with E-state index in [4.69, 9.17) is 4.74 Å². The summed E-state index contributed by atoms with van der Waals surface area (Å²) < 4.78 is 19.2. The van der Waals surface area contributed by atoms with E-state index in [1.165, 1.54) is 13.2 Å². The average molecular weight is 288 g/mol. The number of ether oxygens (including phenoxy) is 1. The van der Waals surface area contributed by atoms with Gasteiger partial charge in [-0.15, -0.1) is 0 Å².